The minimum absolute atomic E-state index is 0.218. The van der Waals surface area contributed by atoms with Gasteiger partial charge in [0.1, 0.15) is 12.3 Å². The molecule has 21 heavy (non-hydrogen) atoms. The van der Waals surface area contributed by atoms with Gasteiger partial charge in [-0.2, -0.15) is 0 Å². The molecule has 112 valence electrons. The number of amides is 1. The molecule has 0 aliphatic carbocycles. The summed E-state index contributed by atoms with van der Waals surface area (Å²) in [6.45, 7) is 5.13. The van der Waals surface area contributed by atoms with Crippen LogP contribution >= 0.6 is 0 Å². The van der Waals surface area contributed by atoms with E-state index in [1.54, 1.807) is 24.3 Å². The molecule has 0 spiro atoms. The van der Waals surface area contributed by atoms with Crippen LogP contribution in [0, 0.1) is 0 Å². The molecule has 2 N–H and O–H groups in total. The van der Waals surface area contributed by atoms with Crippen molar-refractivity contribution in [2.45, 2.75) is 6.92 Å². The normalized spacial score (nSPS) is 10.7. The van der Waals surface area contributed by atoms with Crippen LogP contribution in [0.5, 0.6) is 11.5 Å². The standard InChI is InChI=1S/C15H17NO5/c1-4-7-21-13-6-5-11(9-14(13)20-3)8-12(15(18)19)16-10(2)17/h4-6,8-9H,1,7H2,2-3H3,(H,16,17)(H,18,19). The predicted octanol–water partition coefficient (Wildman–Crippen LogP) is 1.82. The highest BCUT2D eigenvalue weighted by Gasteiger charge is 2.10. The Morgan fingerprint density at radius 1 is 1.38 bits per heavy atom. The fraction of sp³-hybridized carbons (Fsp3) is 0.200. The van der Waals surface area contributed by atoms with Gasteiger partial charge in [-0.1, -0.05) is 18.7 Å². The Bertz CT molecular complexity index is 577. The SMILES string of the molecule is C=CCOc1ccc(C=C(NC(C)=O)C(=O)O)cc1OC. The minimum atomic E-state index is -1.23. The van der Waals surface area contributed by atoms with Gasteiger partial charge in [-0.25, -0.2) is 4.79 Å². The molecule has 0 bridgehead atoms. The summed E-state index contributed by atoms with van der Waals surface area (Å²) in [5, 5.41) is 11.3. The number of ether oxygens (including phenoxy) is 2. The third-order valence-electron chi connectivity index (χ3n) is 2.40. The van der Waals surface area contributed by atoms with Crippen molar-refractivity contribution in [2.75, 3.05) is 13.7 Å². The lowest BCUT2D eigenvalue weighted by Gasteiger charge is -2.10. The first-order valence-corrected chi connectivity index (χ1v) is 6.12. The van der Waals surface area contributed by atoms with Gasteiger partial charge < -0.3 is 19.9 Å². The van der Waals surface area contributed by atoms with E-state index in [-0.39, 0.29) is 5.70 Å². The molecule has 0 radical (unpaired) electrons. The number of carboxylic acids is 1. The highest BCUT2D eigenvalue weighted by atomic mass is 16.5. The molecule has 0 saturated heterocycles. The average molecular weight is 291 g/mol. The number of rotatable bonds is 7. The molecule has 1 rings (SSSR count). The summed E-state index contributed by atoms with van der Waals surface area (Å²) in [5.41, 5.74) is 0.341. The highest BCUT2D eigenvalue weighted by molar-refractivity contribution is 5.96. The van der Waals surface area contributed by atoms with Crippen LogP contribution in [0.25, 0.3) is 6.08 Å². The van der Waals surface area contributed by atoms with Gasteiger partial charge in [0.15, 0.2) is 11.5 Å². The summed E-state index contributed by atoms with van der Waals surface area (Å²) < 4.78 is 10.6. The number of carbonyl (C=O) groups excluding carboxylic acids is 1. The largest absolute Gasteiger partial charge is 0.493 e. The molecule has 6 nitrogen and oxygen atoms in total. The van der Waals surface area contributed by atoms with Crippen LogP contribution in [-0.4, -0.2) is 30.7 Å². The quantitative estimate of drug-likeness (QED) is 0.591. The van der Waals surface area contributed by atoms with E-state index in [4.69, 9.17) is 14.6 Å². The summed E-state index contributed by atoms with van der Waals surface area (Å²) in [5.74, 6) is -0.707. The third-order valence-corrected chi connectivity index (χ3v) is 2.40. The fourth-order valence-electron chi connectivity index (χ4n) is 1.55. The van der Waals surface area contributed by atoms with Crippen molar-refractivity contribution in [1.29, 1.82) is 0 Å². The van der Waals surface area contributed by atoms with Crippen molar-refractivity contribution in [2.24, 2.45) is 0 Å². The van der Waals surface area contributed by atoms with Crippen molar-refractivity contribution in [3.63, 3.8) is 0 Å². The molecule has 0 fully saturated rings. The van der Waals surface area contributed by atoms with Crippen LogP contribution in [0.3, 0.4) is 0 Å². The number of carboxylic acid groups (broad SMARTS) is 1. The van der Waals surface area contributed by atoms with Gasteiger partial charge in [-0.05, 0) is 23.8 Å². The maximum Gasteiger partial charge on any atom is 0.352 e. The van der Waals surface area contributed by atoms with E-state index in [0.717, 1.165) is 0 Å². The lowest BCUT2D eigenvalue weighted by atomic mass is 10.1. The Morgan fingerprint density at radius 2 is 2.10 bits per heavy atom. The molecule has 0 unspecified atom stereocenters. The van der Waals surface area contributed by atoms with E-state index in [0.29, 0.717) is 23.7 Å². The molecule has 0 aliphatic rings. The molecule has 1 amide bonds. The summed E-state index contributed by atoms with van der Waals surface area (Å²) in [6, 6.07) is 4.93. The van der Waals surface area contributed by atoms with Crippen LogP contribution in [0.1, 0.15) is 12.5 Å². The third kappa shape index (κ3) is 5.02. The summed E-state index contributed by atoms with van der Waals surface area (Å²) in [4.78, 5) is 22.0. The maximum absolute atomic E-state index is 11.1. The van der Waals surface area contributed by atoms with Gasteiger partial charge in [0, 0.05) is 6.92 Å². The molecule has 6 heteroatoms. The molecule has 0 saturated carbocycles. The second kappa shape index (κ2) is 7.74. The Labute approximate surface area is 122 Å². The van der Waals surface area contributed by atoms with E-state index < -0.39 is 11.9 Å². The number of benzene rings is 1. The maximum atomic E-state index is 11.1. The van der Waals surface area contributed by atoms with Crippen molar-refractivity contribution >= 4 is 18.0 Å². The number of nitrogens with one attached hydrogen (secondary N) is 1. The summed E-state index contributed by atoms with van der Waals surface area (Å²) in [7, 11) is 1.48. The Kier molecular flexibility index (Phi) is 6.00. The van der Waals surface area contributed by atoms with Crippen molar-refractivity contribution < 1.29 is 24.2 Å². The lowest BCUT2D eigenvalue weighted by molar-refractivity contribution is -0.134. The van der Waals surface area contributed by atoms with Crippen LogP contribution < -0.4 is 14.8 Å². The van der Waals surface area contributed by atoms with Crippen LogP contribution in [-0.2, 0) is 9.59 Å². The van der Waals surface area contributed by atoms with Gasteiger partial charge in [-0.15, -0.1) is 0 Å². The Balaban J connectivity index is 3.09. The lowest BCUT2D eigenvalue weighted by Crippen LogP contribution is -2.24. The molecule has 0 aromatic heterocycles. The van der Waals surface area contributed by atoms with Gasteiger partial charge in [0.25, 0.3) is 0 Å². The Hall–Kier alpha value is -2.76. The van der Waals surface area contributed by atoms with Gasteiger partial charge >= 0.3 is 5.97 Å². The fourth-order valence-corrected chi connectivity index (χ4v) is 1.55. The first-order chi connectivity index (χ1) is 9.97. The molecular formula is C15H17NO5. The van der Waals surface area contributed by atoms with Crippen LogP contribution in [0.4, 0.5) is 0 Å². The molecule has 0 aliphatic heterocycles. The van der Waals surface area contributed by atoms with Crippen molar-refractivity contribution in [3.8, 4) is 11.5 Å². The zero-order valence-corrected chi connectivity index (χ0v) is 11.9. The second-order valence-electron chi connectivity index (χ2n) is 4.05. The van der Waals surface area contributed by atoms with E-state index in [2.05, 4.69) is 11.9 Å². The molecule has 0 atom stereocenters. The van der Waals surface area contributed by atoms with Crippen molar-refractivity contribution in [3.05, 3.63) is 42.1 Å². The van der Waals surface area contributed by atoms with E-state index in [1.807, 2.05) is 0 Å². The number of hydrogen-bond acceptors (Lipinski definition) is 4. The van der Waals surface area contributed by atoms with E-state index in [1.165, 1.54) is 20.1 Å². The van der Waals surface area contributed by atoms with Gasteiger partial charge in [0.2, 0.25) is 5.91 Å². The first kappa shape index (κ1) is 16.3. The predicted molar refractivity (Wildman–Crippen MR) is 78.1 cm³/mol. The van der Waals surface area contributed by atoms with Gasteiger partial charge in [0.05, 0.1) is 7.11 Å². The zero-order valence-electron chi connectivity index (χ0n) is 11.9. The zero-order chi connectivity index (χ0) is 15.8. The second-order valence-corrected chi connectivity index (χ2v) is 4.05. The summed E-state index contributed by atoms with van der Waals surface area (Å²) in [6.07, 6.45) is 2.94. The van der Waals surface area contributed by atoms with Crippen LogP contribution in [0.2, 0.25) is 0 Å². The average Bonchev–Trinajstić information content (AvgIpc) is 2.44. The molecule has 1 aromatic rings. The topological polar surface area (TPSA) is 84.9 Å². The smallest absolute Gasteiger partial charge is 0.352 e. The van der Waals surface area contributed by atoms with Crippen LogP contribution in [0.15, 0.2) is 36.6 Å². The summed E-state index contributed by atoms with van der Waals surface area (Å²) >= 11 is 0. The highest BCUT2D eigenvalue weighted by Crippen LogP contribution is 2.28. The monoisotopic (exact) mass is 291 g/mol. The van der Waals surface area contributed by atoms with E-state index in [9.17, 15) is 9.59 Å². The molecule has 0 heterocycles. The first-order valence-electron chi connectivity index (χ1n) is 6.12. The molecule has 1 aromatic carbocycles. The number of aliphatic carboxylic acids is 1. The number of methoxy groups -OCH3 is 1. The van der Waals surface area contributed by atoms with E-state index >= 15 is 0 Å². The van der Waals surface area contributed by atoms with Gasteiger partial charge in [-0.3, -0.25) is 4.79 Å². The minimum Gasteiger partial charge on any atom is -0.493 e. The Morgan fingerprint density at radius 3 is 2.62 bits per heavy atom. The molecular weight excluding hydrogens is 274 g/mol. The van der Waals surface area contributed by atoms with Crippen molar-refractivity contribution in [1.82, 2.24) is 5.32 Å². The number of carbonyl (C=O) groups is 2. The number of hydrogen-bond donors (Lipinski definition) is 2.